The number of hydrogen-bond donors (Lipinski definition) is 2. The number of aromatic nitrogens is 4. The van der Waals surface area contributed by atoms with Gasteiger partial charge >= 0.3 is 0 Å². The van der Waals surface area contributed by atoms with E-state index in [-0.39, 0.29) is 12.2 Å². The van der Waals surface area contributed by atoms with Gasteiger partial charge in [-0.15, -0.1) is 0 Å². The molecule has 0 spiro atoms. The standard InChI is InChI=1S/C30H31N5O.H3N/c1-6-26-25(16-31-29(7-2)35-26)22-10-8-9-21(13-22)19(4)32-30-15-27(33-20(5)34-30)23-11-12-28-24(14-23)18(3)17-36-28;/h8-17,19H,6-7H2,1-5H3,(H,32,33,34);1H3/t19-;/m0./s1. The summed E-state index contributed by atoms with van der Waals surface area (Å²) in [5, 5.41) is 4.68. The summed E-state index contributed by atoms with van der Waals surface area (Å²) in [6.07, 6.45) is 5.46. The molecule has 5 aromatic rings. The molecule has 37 heavy (non-hydrogen) atoms. The van der Waals surface area contributed by atoms with Crippen molar-refractivity contribution in [2.45, 2.75) is 53.5 Å². The molecule has 2 aromatic carbocycles. The van der Waals surface area contributed by atoms with Crippen LogP contribution in [0.3, 0.4) is 0 Å². The maximum Gasteiger partial charge on any atom is 0.134 e. The highest BCUT2D eigenvalue weighted by molar-refractivity contribution is 5.85. The zero-order valence-corrected chi connectivity index (χ0v) is 22.2. The van der Waals surface area contributed by atoms with Crippen molar-refractivity contribution in [1.82, 2.24) is 26.1 Å². The highest BCUT2D eigenvalue weighted by Crippen LogP contribution is 2.30. The molecule has 0 amide bonds. The molecule has 0 aliphatic carbocycles. The van der Waals surface area contributed by atoms with Crippen LogP contribution in [0.5, 0.6) is 0 Å². The number of aryl methyl sites for hydroxylation is 4. The fourth-order valence-corrected chi connectivity index (χ4v) is 4.53. The third-order valence-electron chi connectivity index (χ3n) is 6.53. The van der Waals surface area contributed by atoms with Gasteiger partial charge in [0, 0.05) is 41.2 Å². The number of nitrogens with one attached hydrogen (secondary N) is 1. The Hall–Kier alpha value is -4.10. The number of fused-ring (bicyclic) bond motifs is 1. The third kappa shape index (κ3) is 5.37. The SMILES string of the molecule is CCc1ncc(-c2cccc([C@H](C)Nc3cc(-c4ccc5occ(C)c5c4)nc(C)n3)c2)c(CC)n1.N. The molecule has 1 atom stereocenters. The molecular weight excluding hydrogens is 460 g/mol. The predicted molar refractivity (Wildman–Crippen MR) is 150 cm³/mol. The molecule has 4 N–H and O–H groups in total. The Balaban J connectivity index is 0.00000320. The summed E-state index contributed by atoms with van der Waals surface area (Å²) in [6, 6.07) is 16.8. The molecule has 0 radical (unpaired) electrons. The lowest BCUT2D eigenvalue weighted by atomic mass is 9.99. The zero-order chi connectivity index (χ0) is 25.2. The van der Waals surface area contributed by atoms with Gasteiger partial charge in [-0.2, -0.15) is 0 Å². The Morgan fingerprint density at radius 2 is 1.76 bits per heavy atom. The van der Waals surface area contributed by atoms with E-state index in [9.17, 15) is 0 Å². The highest BCUT2D eigenvalue weighted by Gasteiger charge is 2.13. The zero-order valence-electron chi connectivity index (χ0n) is 22.2. The quantitative estimate of drug-likeness (QED) is 0.242. The van der Waals surface area contributed by atoms with Gasteiger partial charge in [0.2, 0.25) is 0 Å². The van der Waals surface area contributed by atoms with Crippen LogP contribution in [0.15, 0.2) is 65.4 Å². The number of nitrogens with zero attached hydrogens (tertiary/aromatic N) is 4. The van der Waals surface area contributed by atoms with Crippen molar-refractivity contribution in [3.05, 3.63) is 89.5 Å². The second kappa shape index (κ2) is 10.9. The first kappa shape index (κ1) is 26.0. The molecule has 0 fully saturated rings. The van der Waals surface area contributed by atoms with Gasteiger partial charge < -0.3 is 15.9 Å². The summed E-state index contributed by atoms with van der Waals surface area (Å²) in [6.45, 7) is 10.3. The Kier molecular flexibility index (Phi) is 7.64. The van der Waals surface area contributed by atoms with Gasteiger partial charge in [-0.1, -0.05) is 32.0 Å². The molecule has 0 bridgehead atoms. The van der Waals surface area contributed by atoms with Crippen molar-refractivity contribution >= 4 is 16.8 Å². The number of benzene rings is 2. The van der Waals surface area contributed by atoms with Crippen LogP contribution in [0, 0.1) is 13.8 Å². The van der Waals surface area contributed by atoms with Gasteiger partial charge in [-0.25, -0.2) is 19.9 Å². The Morgan fingerprint density at radius 1 is 0.919 bits per heavy atom. The minimum Gasteiger partial charge on any atom is -0.464 e. The molecule has 5 rings (SSSR count). The molecule has 3 heterocycles. The smallest absolute Gasteiger partial charge is 0.134 e. The van der Waals surface area contributed by atoms with E-state index >= 15 is 0 Å². The lowest BCUT2D eigenvalue weighted by Crippen LogP contribution is -2.09. The van der Waals surface area contributed by atoms with Crippen molar-refractivity contribution in [1.29, 1.82) is 0 Å². The Morgan fingerprint density at radius 3 is 2.54 bits per heavy atom. The lowest BCUT2D eigenvalue weighted by Gasteiger charge is -2.17. The average molecular weight is 495 g/mol. The van der Waals surface area contributed by atoms with Gasteiger partial charge in [0.1, 0.15) is 23.0 Å². The summed E-state index contributed by atoms with van der Waals surface area (Å²) in [5.41, 5.74) is 8.40. The summed E-state index contributed by atoms with van der Waals surface area (Å²) in [5.74, 6) is 2.41. The second-order valence-electron chi connectivity index (χ2n) is 9.16. The van der Waals surface area contributed by atoms with Crippen LogP contribution in [-0.2, 0) is 12.8 Å². The largest absolute Gasteiger partial charge is 0.464 e. The van der Waals surface area contributed by atoms with E-state index in [1.54, 1.807) is 6.26 Å². The van der Waals surface area contributed by atoms with Gasteiger partial charge in [0.05, 0.1) is 17.7 Å². The minimum atomic E-state index is 0. The van der Waals surface area contributed by atoms with Gasteiger partial charge in [-0.05, 0) is 68.1 Å². The molecule has 0 unspecified atom stereocenters. The molecule has 3 aromatic heterocycles. The maximum absolute atomic E-state index is 5.60. The van der Waals surface area contributed by atoms with Crippen molar-refractivity contribution in [2.75, 3.05) is 5.32 Å². The molecule has 0 aliphatic heterocycles. The molecule has 0 saturated heterocycles. The van der Waals surface area contributed by atoms with Crippen LogP contribution in [0.2, 0.25) is 0 Å². The van der Waals surface area contributed by atoms with E-state index in [0.29, 0.717) is 0 Å². The summed E-state index contributed by atoms with van der Waals surface area (Å²) < 4.78 is 5.60. The molecule has 0 aliphatic rings. The van der Waals surface area contributed by atoms with E-state index < -0.39 is 0 Å². The maximum atomic E-state index is 5.60. The predicted octanol–water partition coefficient (Wildman–Crippen LogP) is 7.42. The summed E-state index contributed by atoms with van der Waals surface area (Å²) >= 11 is 0. The van der Waals surface area contributed by atoms with Crippen molar-refractivity contribution in [3.63, 3.8) is 0 Å². The van der Waals surface area contributed by atoms with Crippen LogP contribution >= 0.6 is 0 Å². The van der Waals surface area contributed by atoms with Crippen LogP contribution in [-0.4, -0.2) is 19.9 Å². The summed E-state index contributed by atoms with van der Waals surface area (Å²) in [7, 11) is 0. The average Bonchev–Trinajstić information content (AvgIpc) is 3.27. The molecular formula is C30H34N6O. The third-order valence-corrected chi connectivity index (χ3v) is 6.53. The number of hydrogen-bond acceptors (Lipinski definition) is 7. The topological polar surface area (TPSA) is 112 Å². The van der Waals surface area contributed by atoms with Crippen LogP contribution in [0.4, 0.5) is 5.82 Å². The number of furan rings is 1. The van der Waals surface area contributed by atoms with Gasteiger partial charge in [0.25, 0.3) is 0 Å². The fourth-order valence-electron chi connectivity index (χ4n) is 4.53. The molecule has 7 heteroatoms. The van der Waals surface area contributed by atoms with E-state index in [2.05, 4.69) is 73.3 Å². The van der Waals surface area contributed by atoms with E-state index in [1.165, 1.54) is 5.56 Å². The van der Waals surface area contributed by atoms with Crippen molar-refractivity contribution in [3.8, 4) is 22.4 Å². The van der Waals surface area contributed by atoms with Crippen LogP contribution in [0.25, 0.3) is 33.4 Å². The normalized spacial score (nSPS) is 11.8. The lowest BCUT2D eigenvalue weighted by molar-refractivity contribution is 0.613. The second-order valence-corrected chi connectivity index (χ2v) is 9.16. The van der Waals surface area contributed by atoms with Crippen molar-refractivity contribution < 1.29 is 4.42 Å². The Labute approximate surface area is 218 Å². The first-order valence-corrected chi connectivity index (χ1v) is 12.5. The molecule has 7 nitrogen and oxygen atoms in total. The van der Waals surface area contributed by atoms with E-state index in [4.69, 9.17) is 14.4 Å². The molecule has 0 saturated carbocycles. The highest BCUT2D eigenvalue weighted by atomic mass is 16.3. The van der Waals surface area contributed by atoms with Crippen LogP contribution < -0.4 is 11.5 Å². The van der Waals surface area contributed by atoms with E-state index in [1.807, 2.05) is 31.3 Å². The van der Waals surface area contributed by atoms with Crippen molar-refractivity contribution in [2.24, 2.45) is 0 Å². The first-order valence-electron chi connectivity index (χ1n) is 12.5. The van der Waals surface area contributed by atoms with Crippen LogP contribution in [0.1, 0.15) is 55.3 Å². The monoisotopic (exact) mass is 494 g/mol. The summed E-state index contributed by atoms with van der Waals surface area (Å²) in [4.78, 5) is 18.6. The number of rotatable bonds is 7. The fraction of sp³-hybridized carbons (Fsp3) is 0.267. The van der Waals surface area contributed by atoms with E-state index in [0.717, 1.165) is 74.9 Å². The van der Waals surface area contributed by atoms with Gasteiger partial charge in [0.15, 0.2) is 0 Å². The number of anilines is 1. The Bertz CT molecular complexity index is 1540. The van der Waals surface area contributed by atoms with Gasteiger partial charge in [-0.3, -0.25) is 0 Å². The minimum absolute atomic E-state index is 0. The molecule has 190 valence electrons. The first-order chi connectivity index (χ1) is 17.4.